The summed E-state index contributed by atoms with van der Waals surface area (Å²) < 4.78 is 23.8. The highest BCUT2D eigenvalue weighted by Gasteiger charge is 2.03. The maximum atomic E-state index is 10.8. The molecule has 0 heterocycles. The molecule has 0 spiro atoms. The normalized spacial score (nSPS) is 10.8. The zero-order valence-electron chi connectivity index (χ0n) is 6.88. The van der Waals surface area contributed by atoms with Gasteiger partial charge in [-0.1, -0.05) is 6.92 Å². The second-order valence-electron chi connectivity index (χ2n) is 2.15. The number of nitrogens with zero attached hydrogens (tertiary/aromatic N) is 1. The van der Waals surface area contributed by atoms with Crippen LogP contribution in [0.3, 0.4) is 0 Å². The number of rotatable bonds is 4. The summed E-state index contributed by atoms with van der Waals surface area (Å²) in [4.78, 5) is 2.01. The van der Waals surface area contributed by atoms with Gasteiger partial charge in [0.05, 0.1) is 0 Å². The molecule has 0 aromatic rings. The summed E-state index contributed by atoms with van der Waals surface area (Å²) in [6.45, 7) is 5.46. The molecule has 11 heavy (non-hydrogen) atoms. The lowest BCUT2D eigenvalue weighted by atomic mass is 10.5. The molecule has 0 saturated heterocycles. The van der Waals surface area contributed by atoms with Crippen molar-refractivity contribution < 1.29 is 8.42 Å². The average molecular weight is 179 g/mol. The van der Waals surface area contributed by atoms with Gasteiger partial charge in [0.25, 0.3) is 0 Å². The summed E-state index contributed by atoms with van der Waals surface area (Å²) in [6, 6.07) is 0. The Morgan fingerprint density at radius 3 is 2.36 bits per heavy atom. The van der Waals surface area contributed by atoms with Gasteiger partial charge in [0.2, 0.25) is 0 Å². The molecule has 2 N–H and O–H groups in total. The Bertz CT molecular complexity index is 228. The van der Waals surface area contributed by atoms with Crippen LogP contribution in [0.25, 0.3) is 0 Å². The number of hydrogen-bond donors (Lipinski definition) is 2. The van der Waals surface area contributed by atoms with E-state index >= 15 is 0 Å². The van der Waals surface area contributed by atoms with E-state index in [1.54, 1.807) is 20.8 Å². The Kier molecular flexibility index (Phi) is 4.06. The third-order valence-electron chi connectivity index (χ3n) is 0.724. The van der Waals surface area contributed by atoms with E-state index < -0.39 is 10.2 Å². The second kappa shape index (κ2) is 4.30. The van der Waals surface area contributed by atoms with Gasteiger partial charge >= 0.3 is 10.2 Å². The van der Waals surface area contributed by atoms with Crippen molar-refractivity contribution in [2.75, 3.05) is 6.54 Å². The Morgan fingerprint density at radius 1 is 1.45 bits per heavy atom. The molecule has 0 aliphatic carbocycles. The van der Waals surface area contributed by atoms with Crippen LogP contribution in [-0.2, 0) is 10.2 Å². The summed E-state index contributed by atoms with van der Waals surface area (Å²) in [6.07, 6.45) is 0. The smallest absolute Gasteiger partial charge is 0.197 e. The molecular weight excluding hydrogens is 166 g/mol. The Balaban J connectivity index is 4.05. The first-order valence-electron chi connectivity index (χ1n) is 3.25. The second-order valence-corrected chi connectivity index (χ2v) is 3.63. The molecule has 6 heteroatoms. The van der Waals surface area contributed by atoms with E-state index in [1.165, 1.54) is 0 Å². The molecule has 0 atom stereocenters. The van der Waals surface area contributed by atoms with Gasteiger partial charge in [0.1, 0.15) is 0 Å². The lowest BCUT2D eigenvalue weighted by molar-refractivity contribution is 0.571. The molecule has 0 amide bonds. The fraction of sp³-hybridized carbons (Fsp3) is 0.800. The molecule has 66 valence electrons. The zero-order valence-corrected chi connectivity index (χ0v) is 7.70. The third-order valence-corrected chi connectivity index (χ3v) is 1.72. The molecule has 0 aliphatic rings. The van der Waals surface area contributed by atoms with Gasteiger partial charge in [-0.15, -0.1) is 0 Å². The maximum Gasteiger partial charge on any atom is 0.313 e. The molecule has 0 aliphatic heterocycles. The summed E-state index contributed by atoms with van der Waals surface area (Å²) in [5, 5.41) is 3.53. The Labute approximate surface area is 67.1 Å². The van der Waals surface area contributed by atoms with Crippen molar-refractivity contribution in [3.05, 3.63) is 0 Å². The molecule has 0 fully saturated rings. The molecule has 0 bridgehead atoms. The lowest BCUT2D eigenvalue weighted by Crippen LogP contribution is -2.33. The molecular formula is C5H13N3O2S. The van der Waals surface area contributed by atoms with Gasteiger partial charge in [-0.25, -0.2) is 0 Å². The summed E-state index contributed by atoms with van der Waals surface area (Å²) in [5.74, 6) is 0. The van der Waals surface area contributed by atoms with E-state index in [0.29, 0.717) is 12.3 Å². The molecule has 5 nitrogen and oxygen atoms in total. The fourth-order valence-electron chi connectivity index (χ4n) is 0.374. The molecule has 0 saturated carbocycles. The van der Waals surface area contributed by atoms with Crippen LogP contribution in [0, 0.1) is 0 Å². The topological polar surface area (TPSA) is 70.6 Å². The van der Waals surface area contributed by atoms with Crippen molar-refractivity contribution in [2.24, 2.45) is 5.10 Å². The van der Waals surface area contributed by atoms with E-state index in [2.05, 4.69) is 9.82 Å². The largest absolute Gasteiger partial charge is 0.313 e. The van der Waals surface area contributed by atoms with Gasteiger partial charge in [0.15, 0.2) is 0 Å². The monoisotopic (exact) mass is 179 g/mol. The predicted molar refractivity (Wildman–Crippen MR) is 44.5 cm³/mol. The average Bonchev–Trinajstić information content (AvgIpc) is 1.84. The zero-order chi connectivity index (χ0) is 8.91. The molecule has 0 unspecified atom stereocenters. The van der Waals surface area contributed by atoms with Crippen LogP contribution in [0.2, 0.25) is 0 Å². The first-order valence-corrected chi connectivity index (χ1v) is 4.73. The Morgan fingerprint density at radius 2 is 2.00 bits per heavy atom. The standard InChI is InChI=1S/C5H13N3O2S/c1-4-6-11(9,10)8-7-5(2)3/h6,8H,4H2,1-3H3. The minimum absolute atomic E-state index is 0.355. The first kappa shape index (κ1) is 10.4. The van der Waals surface area contributed by atoms with Crippen LogP contribution in [0.5, 0.6) is 0 Å². The number of hydrogen-bond acceptors (Lipinski definition) is 3. The van der Waals surface area contributed by atoms with Gasteiger partial charge in [0, 0.05) is 12.3 Å². The highest BCUT2D eigenvalue weighted by atomic mass is 32.2. The van der Waals surface area contributed by atoms with Crippen molar-refractivity contribution in [3.63, 3.8) is 0 Å². The molecule has 0 aromatic carbocycles. The predicted octanol–water partition coefficient (Wildman–Crippen LogP) is -0.174. The van der Waals surface area contributed by atoms with E-state index in [0.717, 1.165) is 0 Å². The lowest BCUT2D eigenvalue weighted by Gasteiger charge is -2.01. The van der Waals surface area contributed by atoms with Crippen LogP contribution >= 0.6 is 0 Å². The number of nitrogens with one attached hydrogen (secondary N) is 2. The van der Waals surface area contributed by atoms with Gasteiger partial charge in [-0.3, -0.25) is 0 Å². The first-order chi connectivity index (χ1) is 4.98. The highest BCUT2D eigenvalue weighted by Crippen LogP contribution is 1.77. The summed E-state index contributed by atoms with van der Waals surface area (Å²) in [7, 11) is -3.41. The third kappa shape index (κ3) is 5.81. The minimum atomic E-state index is -3.41. The quantitative estimate of drug-likeness (QED) is 0.464. The van der Waals surface area contributed by atoms with Crippen molar-refractivity contribution in [1.82, 2.24) is 9.55 Å². The summed E-state index contributed by atoms with van der Waals surface area (Å²) >= 11 is 0. The number of hydrazone groups is 1. The van der Waals surface area contributed by atoms with E-state index in [4.69, 9.17) is 0 Å². The van der Waals surface area contributed by atoms with Gasteiger partial charge in [-0.05, 0) is 13.8 Å². The van der Waals surface area contributed by atoms with Crippen LogP contribution < -0.4 is 9.55 Å². The minimum Gasteiger partial charge on any atom is -0.197 e. The Hall–Kier alpha value is -0.620. The van der Waals surface area contributed by atoms with Crippen molar-refractivity contribution in [1.29, 1.82) is 0 Å². The SMILES string of the molecule is CCNS(=O)(=O)NN=C(C)C. The molecule has 0 aromatic heterocycles. The van der Waals surface area contributed by atoms with E-state index in [-0.39, 0.29) is 0 Å². The van der Waals surface area contributed by atoms with Gasteiger partial charge in [-0.2, -0.15) is 23.1 Å². The van der Waals surface area contributed by atoms with Crippen LogP contribution in [0.4, 0.5) is 0 Å². The van der Waals surface area contributed by atoms with Crippen LogP contribution in [0.1, 0.15) is 20.8 Å². The van der Waals surface area contributed by atoms with Crippen molar-refractivity contribution >= 4 is 15.9 Å². The van der Waals surface area contributed by atoms with Gasteiger partial charge < -0.3 is 0 Å². The van der Waals surface area contributed by atoms with Crippen molar-refractivity contribution in [3.8, 4) is 0 Å². The highest BCUT2D eigenvalue weighted by molar-refractivity contribution is 7.87. The fourth-order valence-corrected chi connectivity index (χ4v) is 1.12. The summed E-state index contributed by atoms with van der Waals surface area (Å²) in [5.41, 5.74) is 0.659. The molecule has 0 rings (SSSR count). The van der Waals surface area contributed by atoms with Crippen LogP contribution in [0.15, 0.2) is 5.10 Å². The van der Waals surface area contributed by atoms with E-state index in [9.17, 15) is 8.42 Å². The van der Waals surface area contributed by atoms with E-state index in [1.807, 2.05) is 4.83 Å². The molecule has 0 radical (unpaired) electrons. The van der Waals surface area contributed by atoms with Crippen LogP contribution in [-0.4, -0.2) is 20.7 Å². The maximum absolute atomic E-state index is 10.8. The van der Waals surface area contributed by atoms with Crippen molar-refractivity contribution in [2.45, 2.75) is 20.8 Å².